The Kier molecular flexibility index (Phi) is 13.2. The standard InChI is InChI=1S/C32H49N5O6/c1-21(43-32(2,3)4)27(37-31(41)42-20-23-13-9-6-10-14-23)30(40)36-26(17-22-11-7-5-8-12-22)29(39)35-25(19-33)18-24-15-16-34-28(24)38/h6,9-10,13-14,21-22,24-28,34,38H,5,7-8,11-12,15-18,20H2,1-4H3,(H,35,39)(H,36,40)(H,37,41)/t21-,24+,25+,26+,27+,28?/m1/s1. The van der Waals surface area contributed by atoms with Crippen molar-refractivity contribution in [3.8, 4) is 6.07 Å². The molecule has 1 aliphatic carbocycles. The van der Waals surface area contributed by atoms with Crippen molar-refractivity contribution in [1.29, 1.82) is 5.26 Å². The number of aliphatic hydroxyl groups is 1. The lowest BCUT2D eigenvalue weighted by molar-refractivity contribution is -0.135. The number of carbonyl (C=O) groups excluding carboxylic acids is 3. The van der Waals surface area contributed by atoms with E-state index < -0.39 is 54.0 Å². The Morgan fingerprint density at radius 2 is 1.72 bits per heavy atom. The van der Waals surface area contributed by atoms with Crippen LogP contribution < -0.4 is 21.3 Å². The van der Waals surface area contributed by atoms with Crippen LogP contribution in [-0.2, 0) is 25.7 Å². The number of benzene rings is 1. The van der Waals surface area contributed by atoms with Gasteiger partial charge in [-0.2, -0.15) is 5.26 Å². The van der Waals surface area contributed by atoms with Crippen LogP contribution in [0, 0.1) is 23.2 Å². The molecule has 5 N–H and O–H groups in total. The molecule has 1 saturated heterocycles. The Morgan fingerprint density at radius 1 is 1.02 bits per heavy atom. The van der Waals surface area contributed by atoms with Crippen LogP contribution in [0.25, 0.3) is 0 Å². The predicted molar refractivity (Wildman–Crippen MR) is 161 cm³/mol. The molecule has 1 aliphatic heterocycles. The number of amides is 3. The van der Waals surface area contributed by atoms with Gasteiger partial charge in [0.25, 0.3) is 0 Å². The van der Waals surface area contributed by atoms with E-state index >= 15 is 0 Å². The summed E-state index contributed by atoms with van der Waals surface area (Å²) in [6.45, 7) is 7.92. The molecule has 11 heteroatoms. The molecule has 2 aliphatic rings. The van der Waals surface area contributed by atoms with Crippen molar-refractivity contribution in [1.82, 2.24) is 21.3 Å². The van der Waals surface area contributed by atoms with Crippen molar-refractivity contribution < 1.29 is 29.0 Å². The third-order valence-electron chi connectivity index (χ3n) is 8.03. The van der Waals surface area contributed by atoms with Gasteiger partial charge in [-0.15, -0.1) is 0 Å². The predicted octanol–water partition coefficient (Wildman–Crippen LogP) is 3.27. The summed E-state index contributed by atoms with van der Waals surface area (Å²) < 4.78 is 11.4. The van der Waals surface area contributed by atoms with Crippen LogP contribution in [0.3, 0.4) is 0 Å². The van der Waals surface area contributed by atoms with Crippen molar-refractivity contribution in [2.75, 3.05) is 6.54 Å². The van der Waals surface area contributed by atoms with Crippen LogP contribution in [0.4, 0.5) is 4.79 Å². The molecular formula is C32H49N5O6. The quantitative estimate of drug-likeness (QED) is 0.231. The minimum Gasteiger partial charge on any atom is -0.445 e. The minimum absolute atomic E-state index is 0.0307. The fourth-order valence-corrected chi connectivity index (χ4v) is 5.87. The molecule has 0 radical (unpaired) electrons. The van der Waals surface area contributed by atoms with Gasteiger partial charge in [-0.3, -0.25) is 14.9 Å². The highest BCUT2D eigenvalue weighted by Gasteiger charge is 2.36. The van der Waals surface area contributed by atoms with E-state index in [1.165, 1.54) is 0 Å². The number of ether oxygens (including phenoxy) is 2. The summed E-state index contributed by atoms with van der Waals surface area (Å²) >= 11 is 0. The molecule has 6 atom stereocenters. The highest BCUT2D eigenvalue weighted by molar-refractivity contribution is 5.91. The normalized spacial score (nSPS) is 22.0. The van der Waals surface area contributed by atoms with Crippen molar-refractivity contribution >= 4 is 17.9 Å². The van der Waals surface area contributed by atoms with Gasteiger partial charge < -0.3 is 30.5 Å². The second-order valence-corrected chi connectivity index (χ2v) is 12.8. The lowest BCUT2D eigenvalue weighted by Crippen LogP contribution is -2.59. The first-order valence-corrected chi connectivity index (χ1v) is 15.5. The van der Waals surface area contributed by atoms with Crippen LogP contribution in [-0.4, -0.2) is 65.6 Å². The van der Waals surface area contributed by atoms with Gasteiger partial charge in [0.1, 0.15) is 31.0 Å². The molecule has 3 rings (SSSR count). The lowest BCUT2D eigenvalue weighted by atomic mass is 9.84. The number of nitrogens with one attached hydrogen (secondary N) is 4. The van der Waals surface area contributed by atoms with Crippen LogP contribution in [0.5, 0.6) is 0 Å². The van der Waals surface area contributed by atoms with E-state index in [0.717, 1.165) is 37.7 Å². The third kappa shape index (κ3) is 11.8. The Morgan fingerprint density at radius 3 is 2.33 bits per heavy atom. The maximum atomic E-state index is 13.8. The molecule has 1 heterocycles. The van der Waals surface area contributed by atoms with E-state index in [1.807, 2.05) is 51.1 Å². The monoisotopic (exact) mass is 599 g/mol. The summed E-state index contributed by atoms with van der Waals surface area (Å²) in [7, 11) is 0. The molecule has 0 bridgehead atoms. The summed E-state index contributed by atoms with van der Waals surface area (Å²) in [6, 6.07) is 8.47. The smallest absolute Gasteiger partial charge is 0.408 e. The Balaban J connectivity index is 1.73. The molecular weight excluding hydrogens is 550 g/mol. The summed E-state index contributed by atoms with van der Waals surface area (Å²) in [5, 5.41) is 31.2. The van der Waals surface area contributed by atoms with E-state index in [9.17, 15) is 24.8 Å². The molecule has 0 spiro atoms. The van der Waals surface area contributed by atoms with E-state index in [4.69, 9.17) is 9.47 Å². The van der Waals surface area contributed by atoms with Crippen molar-refractivity contribution in [3.05, 3.63) is 35.9 Å². The Labute approximate surface area is 255 Å². The summed E-state index contributed by atoms with van der Waals surface area (Å²) in [4.78, 5) is 40.2. The van der Waals surface area contributed by atoms with Gasteiger partial charge in [0.05, 0.1) is 17.8 Å². The Bertz CT molecular complexity index is 1080. The Hall–Kier alpha value is -3.20. The maximum Gasteiger partial charge on any atom is 0.408 e. The van der Waals surface area contributed by atoms with Crippen LogP contribution in [0.1, 0.15) is 84.6 Å². The van der Waals surface area contributed by atoms with Gasteiger partial charge in [-0.1, -0.05) is 62.4 Å². The molecule has 2 fully saturated rings. The maximum absolute atomic E-state index is 13.8. The van der Waals surface area contributed by atoms with Gasteiger partial charge in [-0.25, -0.2) is 4.79 Å². The summed E-state index contributed by atoms with van der Waals surface area (Å²) in [6.07, 6.45) is 4.36. The van der Waals surface area contributed by atoms with Crippen LogP contribution in [0.2, 0.25) is 0 Å². The van der Waals surface area contributed by atoms with E-state index in [1.54, 1.807) is 6.92 Å². The average molecular weight is 600 g/mol. The molecule has 1 aromatic carbocycles. The molecule has 1 aromatic rings. The van der Waals surface area contributed by atoms with E-state index in [0.29, 0.717) is 25.8 Å². The minimum atomic E-state index is -1.14. The number of aliphatic hydroxyl groups excluding tert-OH is 1. The molecule has 3 amide bonds. The van der Waals surface area contributed by atoms with Gasteiger partial charge in [-0.05, 0) is 65.0 Å². The first-order valence-electron chi connectivity index (χ1n) is 15.5. The SMILES string of the molecule is C[C@@H](OC(C)(C)C)[C@H](NC(=O)OCc1ccccc1)C(=O)N[C@@H](CC1CCCCC1)C(=O)N[C@H](C#N)C[C@@H]1CCNC1O. The number of alkyl carbamates (subject to hydrolysis) is 1. The number of hydrogen-bond acceptors (Lipinski definition) is 8. The summed E-state index contributed by atoms with van der Waals surface area (Å²) in [5.41, 5.74) is 0.196. The molecule has 11 nitrogen and oxygen atoms in total. The van der Waals surface area contributed by atoms with Gasteiger partial charge in [0.2, 0.25) is 11.8 Å². The zero-order valence-corrected chi connectivity index (χ0v) is 25.9. The van der Waals surface area contributed by atoms with Gasteiger partial charge in [0.15, 0.2) is 0 Å². The zero-order valence-electron chi connectivity index (χ0n) is 25.9. The van der Waals surface area contributed by atoms with E-state index in [2.05, 4.69) is 27.3 Å². The number of carbonyl (C=O) groups is 3. The number of rotatable bonds is 13. The second-order valence-electron chi connectivity index (χ2n) is 12.8. The summed E-state index contributed by atoms with van der Waals surface area (Å²) in [5.74, 6) is -0.937. The largest absolute Gasteiger partial charge is 0.445 e. The van der Waals surface area contributed by atoms with Crippen molar-refractivity contribution in [2.24, 2.45) is 11.8 Å². The van der Waals surface area contributed by atoms with Crippen LogP contribution >= 0.6 is 0 Å². The number of hydrogen-bond donors (Lipinski definition) is 5. The fourth-order valence-electron chi connectivity index (χ4n) is 5.87. The molecule has 1 unspecified atom stereocenters. The molecule has 238 valence electrons. The molecule has 43 heavy (non-hydrogen) atoms. The second kappa shape index (κ2) is 16.6. The van der Waals surface area contributed by atoms with Crippen molar-refractivity contribution in [3.63, 3.8) is 0 Å². The van der Waals surface area contributed by atoms with Gasteiger partial charge >= 0.3 is 6.09 Å². The first kappa shape index (κ1) is 34.3. The highest BCUT2D eigenvalue weighted by Crippen LogP contribution is 2.28. The number of nitriles is 1. The van der Waals surface area contributed by atoms with Gasteiger partial charge in [0, 0.05) is 5.92 Å². The highest BCUT2D eigenvalue weighted by atomic mass is 16.6. The third-order valence-corrected chi connectivity index (χ3v) is 8.03. The van der Waals surface area contributed by atoms with Crippen molar-refractivity contribution in [2.45, 2.75) is 122 Å². The fraction of sp³-hybridized carbons (Fsp3) is 0.688. The molecule has 0 aromatic heterocycles. The van der Waals surface area contributed by atoms with E-state index in [-0.39, 0.29) is 18.4 Å². The topological polar surface area (TPSA) is 162 Å². The lowest BCUT2D eigenvalue weighted by Gasteiger charge is -2.32. The first-order chi connectivity index (χ1) is 20.4. The van der Waals surface area contributed by atoms with Crippen LogP contribution in [0.15, 0.2) is 30.3 Å². The molecule has 1 saturated carbocycles. The number of nitrogens with zero attached hydrogens (tertiary/aromatic N) is 1. The average Bonchev–Trinajstić information content (AvgIpc) is 3.37. The zero-order chi connectivity index (χ0) is 31.4.